The highest BCUT2D eigenvalue weighted by Gasteiger charge is 2.68. The smallest absolute Gasteiger partial charge is 0.265 e. The van der Waals surface area contributed by atoms with Gasteiger partial charge in [-0.15, -0.1) is 0 Å². The van der Waals surface area contributed by atoms with Gasteiger partial charge in [-0.05, 0) is 49.4 Å². The van der Waals surface area contributed by atoms with Crippen molar-refractivity contribution in [3.05, 3.63) is 77.6 Å². The van der Waals surface area contributed by atoms with Crippen LogP contribution in [0.2, 0.25) is 0 Å². The number of nitrogens with zero attached hydrogens (tertiary/aromatic N) is 2. The van der Waals surface area contributed by atoms with Crippen LogP contribution in [0.4, 0.5) is 5.69 Å². The van der Waals surface area contributed by atoms with Crippen molar-refractivity contribution in [2.45, 2.75) is 42.0 Å². The first-order chi connectivity index (χ1) is 14.7. The van der Waals surface area contributed by atoms with E-state index in [9.17, 15) is 13.2 Å². The van der Waals surface area contributed by atoms with E-state index in [1.165, 1.54) is 22.6 Å². The molecule has 8 heteroatoms. The molecular formula is C23H24N4O3S. The number of rotatable bonds is 6. The van der Waals surface area contributed by atoms with Crippen LogP contribution >= 0.6 is 0 Å². The number of carbonyl (C=O) groups excluding carboxylic acids is 1. The topological polar surface area (TPSA) is 93.1 Å². The lowest BCUT2D eigenvalue weighted by Gasteiger charge is -2.71. The summed E-state index contributed by atoms with van der Waals surface area (Å²) in [5.74, 6) is -0.259. The molecule has 0 spiro atoms. The van der Waals surface area contributed by atoms with Crippen LogP contribution in [0.1, 0.15) is 40.7 Å². The summed E-state index contributed by atoms with van der Waals surface area (Å²) in [5, 5.41) is 7.09. The summed E-state index contributed by atoms with van der Waals surface area (Å²) >= 11 is 0. The number of benzene rings is 2. The van der Waals surface area contributed by atoms with Gasteiger partial charge in [-0.3, -0.25) is 14.2 Å². The van der Waals surface area contributed by atoms with E-state index in [2.05, 4.69) is 27.3 Å². The van der Waals surface area contributed by atoms with Crippen LogP contribution in [-0.2, 0) is 22.5 Å². The second kappa shape index (κ2) is 6.68. The molecule has 6 rings (SSSR count). The third-order valence-corrected chi connectivity index (χ3v) is 7.77. The van der Waals surface area contributed by atoms with Crippen LogP contribution in [0.3, 0.4) is 0 Å². The summed E-state index contributed by atoms with van der Waals surface area (Å²) in [7, 11) is -2.20. The Labute approximate surface area is 181 Å². The maximum atomic E-state index is 13.1. The minimum absolute atomic E-state index is 0.0482. The van der Waals surface area contributed by atoms with E-state index in [0.717, 1.165) is 24.8 Å². The summed E-state index contributed by atoms with van der Waals surface area (Å²) in [5.41, 5.74) is 2.74. The normalized spacial score (nSPS) is 24.1. The summed E-state index contributed by atoms with van der Waals surface area (Å²) < 4.78 is 29.5. The molecule has 0 atom stereocenters. The molecule has 2 bridgehead atoms. The van der Waals surface area contributed by atoms with Crippen molar-refractivity contribution < 1.29 is 13.2 Å². The van der Waals surface area contributed by atoms with Gasteiger partial charge in [0.15, 0.2) is 0 Å². The maximum Gasteiger partial charge on any atom is 0.265 e. The Balaban J connectivity index is 1.34. The molecule has 3 aliphatic carbocycles. The van der Waals surface area contributed by atoms with Crippen molar-refractivity contribution >= 4 is 21.6 Å². The van der Waals surface area contributed by atoms with Gasteiger partial charge in [-0.25, -0.2) is 8.42 Å². The molecule has 7 nitrogen and oxygen atoms in total. The van der Waals surface area contributed by atoms with Crippen LogP contribution < -0.4 is 10.0 Å². The number of aromatic nitrogens is 2. The molecule has 0 aliphatic heterocycles. The molecule has 1 aromatic heterocycles. The number of hydrogen-bond donors (Lipinski definition) is 2. The van der Waals surface area contributed by atoms with E-state index in [-0.39, 0.29) is 27.4 Å². The van der Waals surface area contributed by atoms with Crippen molar-refractivity contribution in [2.24, 2.45) is 7.05 Å². The standard InChI is InChI=1S/C23H24N4O3S/c1-16-8-9-19(20(10-16)26-31(29,30)18-11-24-27(2)12-18)21(28)25-23-13-22(14-23,15-23)17-6-4-3-5-7-17/h3-12,26H,13-15H2,1-2H3,(H,25,28). The molecule has 2 N–H and O–H groups in total. The lowest BCUT2D eigenvalue weighted by atomic mass is 9.37. The molecule has 1 heterocycles. The predicted molar refractivity (Wildman–Crippen MR) is 117 cm³/mol. The summed E-state index contributed by atoms with van der Waals surface area (Å²) in [4.78, 5) is 13.2. The van der Waals surface area contributed by atoms with Crippen molar-refractivity contribution in [3.63, 3.8) is 0 Å². The number of sulfonamides is 1. The molecule has 3 aliphatic rings. The Morgan fingerprint density at radius 1 is 1.10 bits per heavy atom. The summed E-state index contributed by atoms with van der Waals surface area (Å²) in [6.07, 6.45) is 5.44. The van der Waals surface area contributed by atoms with Crippen LogP contribution in [0, 0.1) is 6.92 Å². The van der Waals surface area contributed by atoms with Gasteiger partial charge in [-0.2, -0.15) is 5.10 Å². The molecule has 3 aromatic rings. The number of nitrogens with one attached hydrogen (secondary N) is 2. The molecule has 1 amide bonds. The first kappa shape index (κ1) is 19.8. The van der Waals surface area contributed by atoms with Gasteiger partial charge in [0.05, 0.1) is 17.4 Å². The second-order valence-electron chi connectivity index (χ2n) is 8.92. The van der Waals surface area contributed by atoms with Crippen molar-refractivity contribution in [1.82, 2.24) is 15.1 Å². The highest BCUT2D eigenvalue weighted by molar-refractivity contribution is 7.92. The Bertz CT molecular complexity index is 1260. The van der Waals surface area contributed by atoms with E-state index < -0.39 is 10.0 Å². The van der Waals surface area contributed by atoms with Crippen molar-refractivity contribution in [1.29, 1.82) is 0 Å². The lowest BCUT2D eigenvalue weighted by molar-refractivity contribution is -0.0807. The minimum Gasteiger partial charge on any atom is -0.346 e. The molecule has 31 heavy (non-hydrogen) atoms. The molecular weight excluding hydrogens is 412 g/mol. The lowest BCUT2D eigenvalue weighted by Crippen LogP contribution is -2.76. The average molecular weight is 437 g/mol. The molecule has 0 unspecified atom stereocenters. The van der Waals surface area contributed by atoms with Gasteiger partial charge in [0.1, 0.15) is 4.90 Å². The molecule has 0 saturated heterocycles. The molecule has 0 radical (unpaired) electrons. The zero-order valence-electron chi connectivity index (χ0n) is 17.4. The fourth-order valence-electron chi connectivity index (χ4n) is 5.01. The fraction of sp³-hybridized carbons (Fsp3) is 0.304. The van der Waals surface area contributed by atoms with Crippen LogP contribution in [0.25, 0.3) is 0 Å². The number of anilines is 1. The predicted octanol–water partition coefficient (Wildman–Crippen LogP) is 3.13. The van der Waals surface area contributed by atoms with Crippen LogP contribution in [-0.4, -0.2) is 29.6 Å². The van der Waals surface area contributed by atoms with Crippen molar-refractivity contribution in [2.75, 3.05) is 4.72 Å². The quantitative estimate of drug-likeness (QED) is 0.621. The van der Waals surface area contributed by atoms with E-state index in [1.807, 2.05) is 31.2 Å². The van der Waals surface area contributed by atoms with E-state index in [1.54, 1.807) is 19.2 Å². The largest absolute Gasteiger partial charge is 0.346 e. The minimum atomic E-state index is -3.85. The van der Waals surface area contributed by atoms with E-state index in [4.69, 9.17) is 0 Å². The van der Waals surface area contributed by atoms with Crippen LogP contribution in [0.5, 0.6) is 0 Å². The number of carbonyl (C=O) groups is 1. The third-order valence-electron chi connectivity index (χ3n) is 6.45. The SMILES string of the molecule is Cc1ccc(C(=O)NC23CC(c4ccccc4)(C2)C3)c(NS(=O)(=O)c2cnn(C)c2)c1. The average Bonchev–Trinajstić information content (AvgIpc) is 3.11. The Morgan fingerprint density at radius 2 is 1.81 bits per heavy atom. The zero-order valence-corrected chi connectivity index (χ0v) is 18.2. The zero-order chi connectivity index (χ0) is 21.9. The van der Waals surface area contributed by atoms with Crippen molar-refractivity contribution in [3.8, 4) is 0 Å². The van der Waals surface area contributed by atoms with Gasteiger partial charge < -0.3 is 5.32 Å². The van der Waals surface area contributed by atoms with E-state index in [0.29, 0.717) is 5.56 Å². The second-order valence-corrected chi connectivity index (χ2v) is 10.6. The van der Waals surface area contributed by atoms with Gasteiger partial charge >= 0.3 is 0 Å². The van der Waals surface area contributed by atoms with Gasteiger partial charge in [0.2, 0.25) is 0 Å². The fourth-order valence-corrected chi connectivity index (χ4v) is 6.06. The third kappa shape index (κ3) is 3.31. The first-order valence-electron chi connectivity index (χ1n) is 10.2. The maximum absolute atomic E-state index is 13.1. The number of amides is 1. The highest BCUT2D eigenvalue weighted by atomic mass is 32.2. The Morgan fingerprint density at radius 3 is 2.45 bits per heavy atom. The van der Waals surface area contributed by atoms with Gasteiger partial charge in [0.25, 0.3) is 15.9 Å². The van der Waals surface area contributed by atoms with E-state index >= 15 is 0 Å². The monoisotopic (exact) mass is 436 g/mol. The Hall–Kier alpha value is -3.13. The van der Waals surface area contributed by atoms with Gasteiger partial charge in [0, 0.05) is 24.2 Å². The molecule has 2 aromatic carbocycles. The molecule has 160 valence electrons. The molecule has 3 fully saturated rings. The number of hydrogen-bond acceptors (Lipinski definition) is 4. The van der Waals surface area contributed by atoms with Crippen LogP contribution in [0.15, 0.2) is 65.8 Å². The summed E-state index contributed by atoms with van der Waals surface area (Å²) in [6.45, 7) is 1.86. The highest BCUT2D eigenvalue weighted by Crippen LogP contribution is 2.67. The first-order valence-corrected chi connectivity index (χ1v) is 11.7. The molecule has 3 saturated carbocycles. The Kier molecular flexibility index (Phi) is 4.27. The van der Waals surface area contributed by atoms with Gasteiger partial charge in [-0.1, -0.05) is 36.4 Å². The summed E-state index contributed by atoms with van der Waals surface area (Å²) in [6, 6.07) is 15.6. The number of aryl methyl sites for hydroxylation is 2.